The van der Waals surface area contributed by atoms with Crippen LogP contribution in [0.5, 0.6) is 11.5 Å². The number of amides is 5. The van der Waals surface area contributed by atoms with Crippen molar-refractivity contribution < 1.29 is 28.7 Å². The molecule has 0 unspecified atom stereocenters. The molecular weight excluding hydrogens is 426 g/mol. The molecule has 2 aromatic rings. The third kappa shape index (κ3) is 5.65. The Bertz CT molecular complexity index is 1150. The van der Waals surface area contributed by atoms with Crippen LogP contribution in [0.15, 0.2) is 60.7 Å². The molecule has 2 aromatic carbocycles. The number of imide groups is 2. The highest BCUT2D eigenvalue weighted by atomic mass is 16.5. The van der Waals surface area contributed by atoms with Crippen LogP contribution < -0.4 is 20.1 Å². The maximum atomic E-state index is 12.5. The van der Waals surface area contributed by atoms with Crippen LogP contribution in [0.25, 0.3) is 6.08 Å². The van der Waals surface area contributed by atoms with Crippen LogP contribution in [-0.4, -0.2) is 48.9 Å². The molecule has 5 amide bonds. The Balaban J connectivity index is 1.73. The fraction of sp³-hybridized carbons (Fsp3) is 0.167. The lowest BCUT2D eigenvalue weighted by Gasteiger charge is -2.25. The van der Waals surface area contributed by atoms with E-state index < -0.39 is 17.8 Å². The highest BCUT2D eigenvalue weighted by molar-refractivity contribution is 6.31. The number of urea groups is 1. The van der Waals surface area contributed by atoms with E-state index in [2.05, 4.69) is 17.2 Å². The van der Waals surface area contributed by atoms with E-state index in [4.69, 9.17) is 9.47 Å². The number of nitrogens with one attached hydrogen (secondary N) is 2. The molecule has 1 fully saturated rings. The molecule has 0 saturated carbocycles. The van der Waals surface area contributed by atoms with Gasteiger partial charge in [-0.2, -0.15) is 0 Å². The van der Waals surface area contributed by atoms with Crippen LogP contribution in [-0.2, 0) is 14.4 Å². The van der Waals surface area contributed by atoms with Crippen LogP contribution in [0.4, 0.5) is 10.5 Å². The summed E-state index contributed by atoms with van der Waals surface area (Å²) in [5.41, 5.74) is 1.94. The van der Waals surface area contributed by atoms with Gasteiger partial charge in [0.1, 0.15) is 5.57 Å². The lowest BCUT2D eigenvalue weighted by molar-refractivity contribution is -0.129. The topological polar surface area (TPSA) is 114 Å². The first-order chi connectivity index (χ1) is 15.8. The van der Waals surface area contributed by atoms with Gasteiger partial charge in [-0.1, -0.05) is 24.3 Å². The third-order valence-corrected chi connectivity index (χ3v) is 4.66. The molecule has 9 nitrogen and oxygen atoms in total. The molecule has 0 spiro atoms. The van der Waals surface area contributed by atoms with E-state index in [0.29, 0.717) is 22.7 Å². The summed E-state index contributed by atoms with van der Waals surface area (Å²) in [6, 6.07) is 11.3. The Morgan fingerprint density at radius 3 is 2.64 bits per heavy atom. The minimum absolute atomic E-state index is 0.0317. The molecule has 170 valence electrons. The zero-order valence-electron chi connectivity index (χ0n) is 18.2. The third-order valence-electron chi connectivity index (χ3n) is 4.66. The Kier molecular flexibility index (Phi) is 7.24. The SMILES string of the molecule is C=CCN1C(=O)NC(=O)/C(=C\c2ccc(OCC(=O)Nc3cccc(C)c3)c(OC)c2)C1=O. The van der Waals surface area contributed by atoms with Crippen molar-refractivity contribution in [2.24, 2.45) is 0 Å². The molecule has 0 atom stereocenters. The predicted molar refractivity (Wildman–Crippen MR) is 122 cm³/mol. The van der Waals surface area contributed by atoms with Crippen LogP contribution >= 0.6 is 0 Å². The lowest BCUT2D eigenvalue weighted by atomic mass is 10.1. The van der Waals surface area contributed by atoms with Crippen molar-refractivity contribution in [3.05, 3.63) is 71.8 Å². The van der Waals surface area contributed by atoms with Gasteiger partial charge in [0.25, 0.3) is 17.7 Å². The predicted octanol–water partition coefficient (Wildman–Crippen LogP) is 2.67. The number of hydrogen-bond acceptors (Lipinski definition) is 6. The highest BCUT2D eigenvalue weighted by Gasteiger charge is 2.34. The van der Waals surface area contributed by atoms with E-state index in [9.17, 15) is 19.2 Å². The van der Waals surface area contributed by atoms with Crippen molar-refractivity contribution in [3.8, 4) is 11.5 Å². The number of rotatable bonds is 8. The van der Waals surface area contributed by atoms with Gasteiger partial charge in [-0.25, -0.2) is 4.79 Å². The van der Waals surface area contributed by atoms with Crippen molar-refractivity contribution in [3.63, 3.8) is 0 Å². The average molecular weight is 449 g/mol. The minimum Gasteiger partial charge on any atom is -0.493 e. The number of hydrogen-bond donors (Lipinski definition) is 2. The normalized spacial score (nSPS) is 14.7. The van der Waals surface area contributed by atoms with Crippen LogP contribution in [0, 0.1) is 6.92 Å². The van der Waals surface area contributed by atoms with Crippen molar-refractivity contribution in [2.45, 2.75) is 6.92 Å². The molecule has 0 bridgehead atoms. The molecule has 3 rings (SSSR count). The summed E-state index contributed by atoms with van der Waals surface area (Å²) in [7, 11) is 1.43. The van der Waals surface area contributed by atoms with E-state index in [1.54, 1.807) is 24.3 Å². The van der Waals surface area contributed by atoms with Gasteiger partial charge >= 0.3 is 6.03 Å². The molecule has 33 heavy (non-hydrogen) atoms. The van der Waals surface area contributed by atoms with Gasteiger partial charge < -0.3 is 14.8 Å². The Morgan fingerprint density at radius 1 is 1.15 bits per heavy atom. The number of carbonyl (C=O) groups is 4. The number of anilines is 1. The summed E-state index contributed by atoms with van der Waals surface area (Å²) < 4.78 is 10.9. The molecule has 1 saturated heterocycles. The summed E-state index contributed by atoms with van der Waals surface area (Å²) in [5, 5.41) is 4.87. The molecule has 1 aliphatic heterocycles. The molecule has 2 N–H and O–H groups in total. The van der Waals surface area contributed by atoms with E-state index in [1.165, 1.54) is 19.3 Å². The van der Waals surface area contributed by atoms with Gasteiger partial charge in [-0.15, -0.1) is 6.58 Å². The van der Waals surface area contributed by atoms with Gasteiger partial charge in [0.2, 0.25) is 0 Å². The summed E-state index contributed by atoms with van der Waals surface area (Å²) in [5.74, 6) is -1.25. The Morgan fingerprint density at radius 2 is 1.94 bits per heavy atom. The molecule has 0 aliphatic carbocycles. The molecule has 0 aromatic heterocycles. The molecule has 0 radical (unpaired) electrons. The van der Waals surface area contributed by atoms with Crippen LogP contribution in [0.2, 0.25) is 0 Å². The standard InChI is InChI=1S/C24H23N3O6/c1-4-10-27-23(30)18(22(29)26-24(27)31)12-16-8-9-19(20(13-16)32-3)33-14-21(28)25-17-7-5-6-15(2)11-17/h4-9,11-13H,1,10,14H2,2-3H3,(H,25,28)(H,26,29,31)/b18-12+. The van der Waals surface area contributed by atoms with E-state index in [0.717, 1.165) is 10.5 Å². The van der Waals surface area contributed by atoms with Gasteiger partial charge in [-0.3, -0.25) is 24.6 Å². The summed E-state index contributed by atoms with van der Waals surface area (Å²) in [4.78, 5) is 49.6. The number of nitrogens with zero attached hydrogens (tertiary/aromatic N) is 1. The zero-order valence-corrected chi connectivity index (χ0v) is 18.2. The maximum Gasteiger partial charge on any atom is 0.331 e. The fourth-order valence-corrected chi connectivity index (χ4v) is 3.11. The lowest BCUT2D eigenvalue weighted by Crippen LogP contribution is -2.54. The molecular formula is C24H23N3O6. The number of carbonyl (C=O) groups excluding carboxylic acids is 4. The van der Waals surface area contributed by atoms with E-state index in [-0.39, 0.29) is 24.6 Å². The van der Waals surface area contributed by atoms with Crippen molar-refractivity contribution >= 4 is 35.5 Å². The van der Waals surface area contributed by atoms with E-state index in [1.807, 2.05) is 25.1 Å². The first kappa shape index (κ1) is 23.3. The van der Waals surface area contributed by atoms with Gasteiger partial charge in [0.15, 0.2) is 18.1 Å². The first-order valence-corrected chi connectivity index (χ1v) is 9.99. The number of benzene rings is 2. The van der Waals surface area contributed by atoms with Crippen LogP contribution in [0.3, 0.4) is 0 Å². The van der Waals surface area contributed by atoms with Crippen LogP contribution in [0.1, 0.15) is 11.1 Å². The largest absolute Gasteiger partial charge is 0.493 e. The summed E-state index contributed by atoms with van der Waals surface area (Å²) in [6.07, 6.45) is 2.73. The average Bonchev–Trinajstić information content (AvgIpc) is 2.78. The molecule has 1 aliphatic rings. The van der Waals surface area contributed by atoms with Gasteiger partial charge in [-0.05, 0) is 48.4 Å². The second-order valence-corrected chi connectivity index (χ2v) is 7.14. The van der Waals surface area contributed by atoms with Gasteiger partial charge in [0.05, 0.1) is 7.11 Å². The molecule has 9 heteroatoms. The number of barbiturate groups is 1. The Labute approximate surface area is 190 Å². The van der Waals surface area contributed by atoms with E-state index >= 15 is 0 Å². The second-order valence-electron chi connectivity index (χ2n) is 7.14. The van der Waals surface area contributed by atoms with Crippen molar-refractivity contribution in [2.75, 3.05) is 25.6 Å². The van der Waals surface area contributed by atoms with Gasteiger partial charge in [0, 0.05) is 12.2 Å². The first-order valence-electron chi connectivity index (χ1n) is 9.99. The highest BCUT2D eigenvalue weighted by Crippen LogP contribution is 2.29. The second kappa shape index (κ2) is 10.3. The number of methoxy groups -OCH3 is 1. The number of ether oxygens (including phenoxy) is 2. The fourth-order valence-electron chi connectivity index (χ4n) is 3.11. The maximum absolute atomic E-state index is 12.5. The minimum atomic E-state index is -0.799. The Hall–Kier alpha value is -4.40. The smallest absolute Gasteiger partial charge is 0.331 e. The van der Waals surface area contributed by atoms with Crippen molar-refractivity contribution in [1.29, 1.82) is 0 Å². The number of aryl methyl sites for hydroxylation is 1. The molecule has 1 heterocycles. The quantitative estimate of drug-likeness (QED) is 0.364. The zero-order chi connectivity index (χ0) is 24.0. The summed E-state index contributed by atoms with van der Waals surface area (Å²) in [6.45, 7) is 5.15. The monoisotopic (exact) mass is 449 g/mol. The summed E-state index contributed by atoms with van der Waals surface area (Å²) >= 11 is 0. The van der Waals surface area contributed by atoms with Crippen molar-refractivity contribution in [1.82, 2.24) is 10.2 Å².